The van der Waals surface area contributed by atoms with Gasteiger partial charge in [0.25, 0.3) is 0 Å². The summed E-state index contributed by atoms with van der Waals surface area (Å²) in [4.78, 5) is 24.3. The van der Waals surface area contributed by atoms with Gasteiger partial charge in [-0.2, -0.15) is 13.2 Å². The number of aliphatic hydroxyl groups excluding tert-OH is 1. The van der Waals surface area contributed by atoms with Gasteiger partial charge in [0, 0.05) is 19.4 Å². The summed E-state index contributed by atoms with van der Waals surface area (Å²) in [5, 5.41) is 18.6. The molecular weight excluding hydrogens is 383 g/mol. The smallest absolute Gasteiger partial charge is 0.389 e. The van der Waals surface area contributed by atoms with Crippen LogP contribution in [0.5, 0.6) is 0 Å². The van der Waals surface area contributed by atoms with Crippen molar-refractivity contribution in [3.63, 3.8) is 0 Å². The Morgan fingerprint density at radius 1 is 1.15 bits per heavy atom. The molecule has 2 N–H and O–H groups in total. The molecule has 1 aliphatic heterocycles. The summed E-state index contributed by atoms with van der Waals surface area (Å²) in [6.45, 7) is 0.630. The standard InChI is InChI=1S/C18H30F3NO4S/c19-18(20,21)11-5-4-7-14(23)9-10-16-22(15(24)13-27-16)12-6-2-1-3-8-17(25)26/h14,16,23H,1-13H2,(H,25,26). The molecule has 2 unspecified atom stereocenters. The number of rotatable bonds is 14. The summed E-state index contributed by atoms with van der Waals surface area (Å²) in [5.74, 6) is -0.293. The molecule has 2 atom stereocenters. The van der Waals surface area contributed by atoms with Crippen molar-refractivity contribution >= 4 is 23.6 Å². The number of carboxylic acids is 1. The third-order valence-corrected chi connectivity index (χ3v) is 5.89. The van der Waals surface area contributed by atoms with E-state index >= 15 is 0 Å². The van der Waals surface area contributed by atoms with Crippen LogP contribution in [0.3, 0.4) is 0 Å². The number of hydrogen-bond donors (Lipinski definition) is 2. The zero-order valence-electron chi connectivity index (χ0n) is 15.5. The van der Waals surface area contributed by atoms with Crippen LogP contribution in [0, 0.1) is 0 Å². The van der Waals surface area contributed by atoms with Gasteiger partial charge in [-0.05, 0) is 38.5 Å². The summed E-state index contributed by atoms with van der Waals surface area (Å²) < 4.78 is 36.3. The molecule has 0 bridgehead atoms. The molecule has 0 spiro atoms. The summed E-state index contributed by atoms with van der Waals surface area (Å²) in [6, 6.07) is 0. The van der Waals surface area contributed by atoms with Crippen LogP contribution in [-0.4, -0.2) is 56.9 Å². The van der Waals surface area contributed by atoms with E-state index in [1.54, 1.807) is 11.8 Å². The van der Waals surface area contributed by atoms with Crippen LogP contribution in [0.4, 0.5) is 13.2 Å². The highest BCUT2D eigenvalue weighted by atomic mass is 32.2. The quantitative estimate of drug-likeness (QED) is 0.418. The van der Waals surface area contributed by atoms with E-state index < -0.39 is 24.7 Å². The third kappa shape index (κ3) is 11.5. The SMILES string of the molecule is O=C(O)CCCCCCN1C(=O)CSC1CCC(O)CCCCC(F)(F)F. The molecule has 0 radical (unpaired) electrons. The lowest BCUT2D eigenvalue weighted by Crippen LogP contribution is -2.34. The van der Waals surface area contributed by atoms with E-state index in [1.807, 2.05) is 4.90 Å². The summed E-state index contributed by atoms with van der Waals surface area (Å²) in [6.07, 6.45) is -0.416. The van der Waals surface area contributed by atoms with Gasteiger partial charge in [-0.15, -0.1) is 11.8 Å². The van der Waals surface area contributed by atoms with Gasteiger partial charge in [-0.3, -0.25) is 9.59 Å². The highest BCUT2D eigenvalue weighted by Crippen LogP contribution is 2.30. The second-order valence-electron chi connectivity index (χ2n) is 7.00. The number of nitrogens with zero attached hydrogens (tertiary/aromatic N) is 1. The summed E-state index contributed by atoms with van der Waals surface area (Å²) >= 11 is 1.54. The lowest BCUT2D eigenvalue weighted by molar-refractivity contribution is -0.137. The van der Waals surface area contributed by atoms with Crippen LogP contribution in [0.2, 0.25) is 0 Å². The number of aliphatic carboxylic acids is 1. The Balaban J connectivity index is 2.18. The molecule has 5 nitrogen and oxygen atoms in total. The predicted molar refractivity (Wildman–Crippen MR) is 98.4 cm³/mol. The Bertz CT molecular complexity index is 462. The number of alkyl halides is 3. The first-order valence-corrected chi connectivity index (χ1v) is 10.6. The van der Waals surface area contributed by atoms with Crippen LogP contribution in [-0.2, 0) is 9.59 Å². The first-order valence-electron chi connectivity index (χ1n) is 9.56. The zero-order valence-corrected chi connectivity index (χ0v) is 16.4. The number of thioether (sulfide) groups is 1. The van der Waals surface area contributed by atoms with Crippen molar-refractivity contribution in [2.24, 2.45) is 0 Å². The molecule has 0 aromatic rings. The molecule has 1 rings (SSSR count). The Labute approximate surface area is 162 Å². The van der Waals surface area contributed by atoms with Gasteiger partial charge in [-0.1, -0.05) is 19.3 Å². The van der Waals surface area contributed by atoms with Gasteiger partial charge in [-0.25, -0.2) is 0 Å². The van der Waals surface area contributed by atoms with Crippen LogP contribution < -0.4 is 0 Å². The van der Waals surface area contributed by atoms with Gasteiger partial charge >= 0.3 is 12.1 Å². The van der Waals surface area contributed by atoms with Crippen LogP contribution >= 0.6 is 11.8 Å². The Morgan fingerprint density at radius 3 is 2.52 bits per heavy atom. The van der Waals surface area contributed by atoms with Gasteiger partial charge in [0.1, 0.15) is 0 Å². The molecule has 1 heterocycles. The van der Waals surface area contributed by atoms with E-state index in [1.165, 1.54) is 0 Å². The normalized spacial score (nSPS) is 18.9. The number of amides is 1. The highest BCUT2D eigenvalue weighted by molar-refractivity contribution is 8.00. The molecular formula is C18H30F3NO4S. The lowest BCUT2D eigenvalue weighted by atomic mass is 10.1. The number of unbranched alkanes of at least 4 members (excludes halogenated alkanes) is 4. The average Bonchev–Trinajstić information content (AvgIpc) is 2.92. The summed E-state index contributed by atoms with van der Waals surface area (Å²) in [5.41, 5.74) is 0. The number of halogens is 3. The van der Waals surface area contributed by atoms with Gasteiger partial charge < -0.3 is 15.1 Å². The number of carbonyl (C=O) groups is 2. The molecule has 1 saturated heterocycles. The average molecular weight is 414 g/mol. The highest BCUT2D eigenvalue weighted by Gasteiger charge is 2.31. The topological polar surface area (TPSA) is 77.8 Å². The van der Waals surface area contributed by atoms with Crippen molar-refractivity contribution in [3.8, 4) is 0 Å². The molecule has 27 heavy (non-hydrogen) atoms. The number of carboxylic acid groups (broad SMARTS) is 1. The molecule has 1 amide bonds. The van der Waals surface area contributed by atoms with Crippen molar-refractivity contribution in [3.05, 3.63) is 0 Å². The monoisotopic (exact) mass is 413 g/mol. The molecule has 0 saturated carbocycles. The van der Waals surface area contributed by atoms with E-state index in [-0.39, 0.29) is 24.1 Å². The van der Waals surface area contributed by atoms with Gasteiger partial charge in [0.2, 0.25) is 5.91 Å². The molecule has 0 aromatic heterocycles. The molecule has 1 aliphatic rings. The van der Waals surface area contributed by atoms with Gasteiger partial charge in [0.15, 0.2) is 0 Å². The first-order chi connectivity index (χ1) is 12.7. The minimum absolute atomic E-state index is 0.0151. The van der Waals surface area contributed by atoms with E-state index in [2.05, 4.69) is 0 Å². The van der Waals surface area contributed by atoms with Crippen LogP contribution in [0.25, 0.3) is 0 Å². The minimum Gasteiger partial charge on any atom is -0.481 e. The minimum atomic E-state index is -4.14. The Hall–Kier alpha value is -0.960. The molecule has 9 heteroatoms. The second-order valence-corrected chi connectivity index (χ2v) is 8.17. The van der Waals surface area contributed by atoms with E-state index in [9.17, 15) is 27.9 Å². The lowest BCUT2D eigenvalue weighted by Gasteiger charge is -2.24. The van der Waals surface area contributed by atoms with Gasteiger partial charge in [0.05, 0.1) is 17.2 Å². The fourth-order valence-corrected chi connectivity index (χ4v) is 4.31. The maximum Gasteiger partial charge on any atom is 0.389 e. The van der Waals surface area contributed by atoms with Crippen LogP contribution in [0.1, 0.15) is 70.6 Å². The Kier molecular flexibility index (Phi) is 11.1. The number of hydrogen-bond acceptors (Lipinski definition) is 4. The van der Waals surface area contributed by atoms with Crippen molar-refractivity contribution in [2.45, 2.75) is 88.3 Å². The van der Waals surface area contributed by atoms with Crippen molar-refractivity contribution in [1.82, 2.24) is 4.90 Å². The maximum atomic E-state index is 12.1. The predicted octanol–water partition coefficient (Wildman–Crippen LogP) is 4.19. The largest absolute Gasteiger partial charge is 0.481 e. The Morgan fingerprint density at radius 2 is 1.85 bits per heavy atom. The number of carbonyl (C=O) groups excluding carboxylic acids is 1. The third-order valence-electron chi connectivity index (χ3n) is 4.60. The first kappa shape index (κ1) is 24.1. The second kappa shape index (κ2) is 12.5. The molecule has 0 aliphatic carbocycles. The molecule has 0 aromatic carbocycles. The fraction of sp³-hybridized carbons (Fsp3) is 0.889. The molecule has 1 fully saturated rings. The van der Waals surface area contributed by atoms with Crippen LogP contribution in [0.15, 0.2) is 0 Å². The van der Waals surface area contributed by atoms with E-state index in [4.69, 9.17) is 5.11 Å². The zero-order chi connectivity index (χ0) is 20.3. The van der Waals surface area contributed by atoms with E-state index in [0.717, 1.165) is 19.3 Å². The van der Waals surface area contributed by atoms with Crippen molar-refractivity contribution in [2.75, 3.05) is 12.3 Å². The van der Waals surface area contributed by atoms with E-state index in [0.29, 0.717) is 44.4 Å². The summed E-state index contributed by atoms with van der Waals surface area (Å²) in [7, 11) is 0. The maximum absolute atomic E-state index is 12.1. The van der Waals surface area contributed by atoms with Crippen molar-refractivity contribution in [1.29, 1.82) is 0 Å². The number of aliphatic hydroxyl groups is 1. The molecule has 158 valence electrons. The van der Waals surface area contributed by atoms with Crippen molar-refractivity contribution < 1.29 is 33.0 Å². The fourth-order valence-electron chi connectivity index (χ4n) is 3.11.